The van der Waals surface area contributed by atoms with E-state index in [2.05, 4.69) is 26.2 Å². The van der Waals surface area contributed by atoms with Gasteiger partial charge in [-0.3, -0.25) is 9.59 Å². The van der Waals surface area contributed by atoms with E-state index in [-0.39, 0.29) is 49.2 Å². The molecule has 2 amide bonds. The zero-order chi connectivity index (χ0) is 22.6. The molecule has 1 atom stereocenters. The lowest BCUT2D eigenvalue weighted by Crippen LogP contribution is -2.51. The fourth-order valence-electron chi connectivity index (χ4n) is 4.09. The number of nitrogens with one attached hydrogen (secondary N) is 1. The molecule has 1 saturated heterocycles. The fraction of sp³-hybridized carbons (Fsp3) is 0.429. The summed E-state index contributed by atoms with van der Waals surface area (Å²) in [5, 5.41) is 12.6. The molecule has 11 heteroatoms. The van der Waals surface area contributed by atoms with Crippen LogP contribution in [0.25, 0.3) is 22.0 Å². The monoisotopic (exact) mass is 504 g/mol. The number of carboxylic acid groups (broad SMARTS) is 1. The SMILES string of the molecule is Cc1c(Br)ccc2c3oc(CNC(=O)[C@H]4CN(C(=O)O)CCO4)nc3c(=O)n(C3CC3)c12. The maximum absolute atomic E-state index is 13.2. The van der Waals surface area contributed by atoms with Gasteiger partial charge in [0.2, 0.25) is 5.89 Å². The number of hydrogen-bond acceptors (Lipinski definition) is 6. The molecule has 0 bridgehead atoms. The number of ether oxygens (including phenoxy) is 1. The number of aromatic nitrogens is 2. The standard InChI is InChI=1S/C21H21BrN4O6/c1-10-13(22)5-4-12-17(10)26(11-2-3-11)20(28)16-18(12)32-15(24-16)8-23-19(27)14-9-25(21(29)30)6-7-31-14/h4-5,11,14H,2-3,6-9H2,1H3,(H,23,27)(H,29,30)/t14-/m1/s1. The van der Waals surface area contributed by atoms with Crippen molar-refractivity contribution in [1.82, 2.24) is 19.8 Å². The molecule has 32 heavy (non-hydrogen) atoms. The van der Waals surface area contributed by atoms with E-state index in [9.17, 15) is 14.4 Å². The number of halogens is 1. The number of aryl methyl sites for hydroxylation is 1. The minimum absolute atomic E-state index is 0.0414. The zero-order valence-corrected chi connectivity index (χ0v) is 18.8. The van der Waals surface area contributed by atoms with Crippen molar-refractivity contribution in [3.8, 4) is 0 Å². The second-order valence-electron chi connectivity index (χ2n) is 8.07. The number of morpholine rings is 1. The van der Waals surface area contributed by atoms with Crippen LogP contribution in [0.5, 0.6) is 0 Å². The Morgan fingerprint density at radius 2 is 2.12 bits per heavy atom. The molecule has 0 unspecified atom stereocenters. The number of hydrogen-bond donors (Lipinski definition) is 2. The highest BCUT2D eigenvalue weighted by molar-refractivity contribution is 9.10. The van der Waals surface area contributed by atoms with Gasteiger partial charge in [0.1, 0.15) is 0 Å². The molecule has 3 heterocycles. The van der Waals surface area contributed by atoms with Crippen LogP contribution in [0.1, 0.15) is 30.3 Å². The van der Waals surface area contributed by atoms with Crippen LogP contribution < -0.4 is 10.9 Å². The van der Waals surface area contributed by atoms with Gasteiger partial charge in [-0.25, -0.2) is 9.78 Å². The van der Waals surface area contributed by atoms with Crippen molar-refractivity contribution in [2.24, 2.45) is 0 Å². The molecule has 0 radical (unpaired) electrons. The summed E-state index contributed by atoms with van der Waals surface area (Å²) in [6, 6.07) is 3.97. The molecule has 2 aliphatic rings. The summed E-state index contributed by atoms with van der Waals surface area (Å²) in [5.41, 5.74) is 2.21. The number of oxazole rings is 1. The van der Waals surface area contributed by atoms with Gasteiger partial charge in [-0.1, -0.05) is 15.9 Å². The highest BCUT2D eigenvalue weighted by Gasteiger charge is 2.31. The molecular formula is C21H21BrN4O6. The average molecular weight is 505 g/mol. The van der Waals surface area contributed by atoms with E-state index in [4.69, 9.17) is 14.3 Å². The Labute approximate surface area is 190 Å². The van der Waals surface area contributed by atoms with Crippen LogP contribution in [0.2, 0.25) is 0 Å². The van der Waals surface area contributed by atoms with Crippen LogP contribution in [0.3, 0.4) is 0 Å². The minimum Gasteiger partial charge on any atom is -0.465 e. The van der Waals surface area contributed by atoms with Gasteiger partial charge in [-0.2, -0.15) is 0 Å². The number of pyridine rings is 1. The first-order valence-electron chi connectivity index (χ1n) is 10.3. The Morgan fingerprint density at radius 3 is 2.84 bits per heavy atom. The average Bonchev–Trinajstić information content (AvgIpc) is 3.52. The molecule has 1 aliphatic carbocycles. The predicted octanol–water partition coefficient (Wildman–Crippen LogP) is 2.54. The van der Waals surface area contributed by atoms with Crippen LogP contribution in [0.15, 0.2) is 25.8 Å². The topological polar surface area (TPSA) is 127 Å². The molecule has 2 aromatic heterocycles. The van der Waals surface area contributed by atoms with Crippen LogP contribution in [-0.2, 0) is 16.1 Å². The maximum atomic E-state index is 13.2. The van der Waals surface area contributed by atoms with Gasteiger partial charge in [-0.15, -0.1) is 0 Å². The second kappa shape index (κ2) is 7.89. The summed E-state index contributed by atoms with van der Waals surface area (Å²) in [7, 11) is 0. The van der Waals surface area contributed by atoms with Crippen molar-refractivity contribution in [2.75, 3.05) is 19.7 Å². The zero-order valence-electron chi connectivity index (χ0n) is 17.3. The third-order valence-electron chi connectivity index (χ3n) is 5.90. The first kappa shape index (κ1) is 21.0. The number of benzene rings is 1. The van der Waals surface area contributed by atoms with E-state index in [0.717, 1.165) is 38.7 Å². The third-order valence-corrected chi connectivity index (χ3v) is 6.76. The molecule has 10 nitrogen and oxygen atoms in total. The highest BCUT2D eigenvalue weighted by Crippen LogP contribution is 2.39. The molecule has 1 aromatic carbocycles. The van der Waals surface area contributed by atoms with Crippen LogP contribution in [-0.4, -0.2) is 57.4 Å². The van der Waals surface area contributed by atoms with E-state index in [1.807, 2.05) is 19.1 Å². The number of nitrogens with zero attached hydrogens (tertiary/aromatic N) is 3. The first-order valence-corrected chi connectivity index (χ1v) is 11.1. The van der Waals surface area contributed by atoms with Gasteiger partial charge in [0.15, 0.2) is 17.2 Å². The smallest absolute Gasteiger partial charge is 0.407 e. The van der Waals surface area contributed by atoms with Crippen molar-refractivity contribution >= 4 is 49.9 Å². The lowest BCUT2D eigenvalue weighted by atomic mass is 10.1. The van der Waals surface area contributed by atoms with Crippen LogP contribution in [0, 0.1) is 6.92 Å². The van der Waals surface area contributed by atoms with Gasteiger partial charge in [0, 0.05) is 22.4 Å². The van der Waals surface area contributed by atoms with Gasteiger partial charge in [0.05, 0.1) is 25.2 Å². The molecule has 5 rings (SSSR count). The van der Waals surface area contributed by atoms with Crippen molar-refractivity contribution in [3.63, 3.8) is 0 Å². The molecule has 0 spiro atoms. The second-order valence-corrected chi connectivity index (χ2v) is 8.92. The molecule has 2 fully saturated rings. The Balaban J connectivity index is 1.45. The number of amides is 2. The van der Waals surface area contributed by atoms with Crippen molar-refractivity contribution in [2.45, 2.75) is 38.5 Å². The van der Waals surface area contributed by atoms with Crippen molar-refractivity contribution in [1.29, 1.82) is 0 Å². The Bertz CT molecular complexity index is 1310. The molecular weight excluding hydrogens is 484 g/mol. The summed E-state index contributed by atoms with van der Waals surface area (Å²) in [5.74, 6) is -0.259. The molecule has 2 N–H and O–H groups in total. The number of carbonyl (C=O) groups is 2. The predicted molar refractivity (Wildman–Crippen MR) is 118 cm³/mol. The van der Waals surface area contributed by atoms with Gasteiger partial charge >= 0.3 is 6.09 Å². The number of carbonyl (C=O) groups excluding carboxylic acids is 1. The maximum Gasteiger partial charge on any atom is 0.407 e. The molecule has 3 aromatic rings. The molecule has 168 valence electrons. The van der Waals surface area contributed by atoms with E-state index in [1.54, 1.807) is 4.57 Å². The first-order chi connectivity index (χ1) is 15.3. The number of rotatable bonds is 4. The lowest BCUT2D eigenvalue weighted by molar-refractivity contribution is -0.137. The van der Waals surface area contributed by atoms with E-state index < -0.39 is 18.1 Å². The van der Waals surface area contributed by atoms with Crippen LogP contribution in [0.4, 0.5) is 4.79 Å². The Morgan fingerprint density at radius 1 is 1.34 bits per heavy atom. The van der Waals surface area contributed by atoms with E-state index >= 15 is 0 Å². The quantitative estimate of drug-likeness (QED) is 0.558. The normalized spacial score (nSPS) is 18.9. The summed E-state index contributed by atoms with van der Waals surface area (Å²) in [4.78, 5) is 42.4. The van der Waals surface area contributed by atoms with Gasteiger partial charge < -0.3 is 29.0 Å². The molecule has 1 saturated carbocycles. The summed E-state index contributed by atoms with van der Waals surface area (Å²) >= 11 is 3.54. The summed E-state index contributed by atoms with van der Waals surface area (Å²) in [6.45, 7) is 2.24. The highest BCUT2D eigenvalue weighted by atomic mass is 79.9. The summed E-state index contributed by atoms with van der Waals surface area (Å²) < 4.78 is 14.0. The largest absolute Gasteiger partial charge is 0.465 e. The van der Waals surface area contributed by atoms with Crippen molar-refractivity contribution < 1.29 is 23.8 Å². The third kappa shape index (κ3) is 3.55. The Hall–Kier alpha value is -2.92. The van der Waals surface area contributed by atoms with E-state index in [1.165, 1.54) is 0 Å². The number of fused-ring (bicyclic) bond motifs is 3. The Kier molecular flexibility index (Phi) is 5.17. The summed E-state index contributed by atoms with van der Waals surface area (Å²) in [6.07, 6.45) is -0.104. The van der Waals surface area contributed by atoms with Gasteiger partial charge in [-0.05, 0) is 37.5 Å². The van der Waals surface area contributed by atoms with Gasteiger partial charge in [0.25, 0.3) is 11.5 Å². The molecule has 1 aliphatic heterocycles. The lowest BCUT2D eigenvalue weighted by Gasteiger charge is -2.29. The van der Waals surface area contributed by atoms with E-state index in [0.29, 0.717) is 5.58 Å². The fourth-order valence-corrected chi connectivity index (χ4v) is 4.41. The van der Waals surface area contributed by atoms with Crippen molar-refractivity contribution in [3.05, 3.63) is 38.4 Å². The van der Waals surface area contributed by atoms with Crippen LogP contribution >= 0.6 is 15.9 Å². The minimum atomic E-state index is -1.09.